The van der Waals surface area contributed by atoms with Crippen molar-refractivity contribution in [2.45, 2.75) is 57.4 Å². The Hall–Kier alpha value is -1.49. The smallest absolute Gasteiger partial charge is 0.241 e. The van der Waals surface area contributed by atoms with Gasteiger partial charge in [-0.1, -0.05) is 12.8 Å². The fourth-order valence-electron chi connectivity index (χ4n) is 2.85. The van der Waals surface area contributed by atoms with Crippen LogP contribution in [0.4, 0.5) is 5.69 Å². The molecule has 0 unspecified atom stereocenters. The molecule has 0 radical (unpaired) electrons. The van der Waals surface area contributed by atoms with Gasteiger partial charge in [-0.15, -0.1) is 0 Å². The average molecular weight is 288 g/mol. The van der Waals surface area contributed by atoms with Crippen LogP contribution in [0.2, 0.25) is 0 Å². The predicted octanol–water partition coefficient (Wildman–Crippen LogP) is 2.56. The van der Waals surface area contributed by atoms with Gasteiger partial charge in [0.15, 0.2) is 0 Å². The molecule has 1 atom stereocenters. The highest BCUT2D eigenvalue weighted by molar-refractivity contribution is 5.94. The summed E-state index contributed by atoms with van der Waals surface area (Å²) >= 11 is 0. The van der Waals surface area contributed by atoms with E-state index >= 15 is 0 Å². The SMILES string of the molecule is C[C@@H](C(=O)Nc1cnc(C2CC2)nc1)N1CCCCCC1. The molecule has 0 bridgehead atoms. The third-order valence-electron chi connectivity index (χ3n) is 4.45. The number of rotatable bonds is 4. The number of carbonyl (C=O) groups excluding carboxylic acids is 1. The van der Waals surface area contributed by atoms with Crippen LogP contribution in [0.5, 0.6) is 0 Å². The van der Waals surface area contributed by atoms with Crippen molar-refractivity contribution in [3.63, 3.8) is 0 Å². The van der Waals surface area contributed by atoms with E-state index in [2.05, 4.69) is 20.2 Å². The van der Waals surface area contributed by atoms with Crippen molar-refractivity contribution in [1.82, 2.24) is 14.9 Å². The highest BCUT2D eigenvalue weighted by atomic mass is 16.2. The second-order valence-corrected chi connectivity index (χ2v) is 6.22. The first-order chi connectivity index (χ1) is 10.2. The van der Waals surface area contributed by atoms with Gasteiger partial charge in [0.25, 0.3) is 0 Å². The molecule has 5 heteroatoms. The minimum Gasteiger partial charge on any atom is -0.322 e. The van der Waals surface area contributed by atoms with Crippen LogP contribution in [0, 0.1) is 0 Å². The zero-order valence-electron chi connectivity index (χ0n) is 12.7. The Balaban J connectivity index is 1.56. The van der Waals surface area contributed by atoms with Crippen LogP contribution in [0.3, 0.4) is 0 Å². The quantitative estimate of drug-likeness (QED) is 0.925. The number of carbonyl (C=O) groups is 1. The predicted molar refractivity (Wildman–Crippen MR) is 82.1 cm³/mol. The lowest BCUT2D eigenvalue weighted by Crippen LogP contribution is -2.42. The standard InChI is InChI=1S/C16H24N4O/c1-12(20-8-4-2-3-5-9-20)16(21)19-14-10-17-15(18-11-14)13-6-7-13/h10-13H,2-9H2,1H3,(H,19,21)/t12-/m0/s1. The lowest BCUT2D eigenvalue weighted by Gasteiger charge is -2.26. The van der Waals surface area contributed by atoms with Gasteiger partial charge >= 0.3 is 0 Å². The molecule has 1 saturated carbocycles. The molecule has 1 aromatic rings. The number of nitrogens with zero attached hydrogens (tertiary/aromatic N) is 3. The fraction of sp³-hybridized carbons (Fsp3) is 0.688. The van der Waals surface area contributed by atoms with Gasteiger partial charge in [-0.2, -0.15) is 0 Å². The lowest BCUT2D eigenvalue weighted by atomic mass is 10.2. The van der Waals surface area contributed by atoms with Gasteiger partial charge in [-0.25, -0.2) is 9.97 Å². The molecule has 2 heterocycles. The largest absolute Gasteiger partial charge is 0.322 e. The summed E-state index contributed by atoms with van der Waals surface area (Å²) < 4.78 is 0. The molecule has 0 spiro atoms. The number of likely N-dealkylation sites (tertiary alicyclic amines) is 1. The Kier molecular flexibility index (Phi) is 4.48. The van der Waals surface area contributed by atoms with E-state index in [4.69, 9.17) is 0 Å². The van der Waals surface area contributed by atoms with Gasteiger partial charge in [0.2, 0.25) is 5.91 Å². The molecule has 3 rings (SSSR count). The zero-order chi connectivity index (χ0) is 14.7. The second-order valence-electron chi connectivity index (χ2n) is 6.22. The second kappa shape index (κ2) is 6.52. The molecular weight excluding hydrogens is 264 g/mol. The molecule has 2 aliphatic rings. The average Bonchev–Trinajstić information content (AvgIpc) is 3.34. The van der Waals surface area contributed by atoms with Gasteiger partial charge in [-0.3, -0.25) is 9.69 Å². The zero-order valence-corrected chi connectivity index (χ0v) is 12.7. The maximum Gasteiger partial charge on any atom is 0.241 e. The summed E-state index contributed by atoms with van der Waals surface area (Å²) in [5.41, 5.74) is 0.700. The van der Waals surface area contributed by atoms with Crippen LogP contribution in [0.25, 0.3) is 0 Å². The minimum absolute atomic E-state index is 0.0414. The Bertz CT molecular complexity index is 476. The molecule has 1 aromatic heterocycles. The maximum absolute atomic E-state index is 12.3. The Labute approximate surface area is 126 Å². The molecule has 1 saturated heterocycles. The Morgan fingerprint density at radius 2 is 1.81 bits per heavy atom. The summed E-state index contributed by atoms with van der Waals surface area (Å²) in [5, 5.41) is 2.94. The topological polar surface area (TPSA) is 58.1 Å². The van der Waals surface area contributed by atoms with Crippen LogP contribution >= 0.6 is 0 Å². The van der Waals surface area contributed by atoms with Crippen LogP contribution in [-0.2, 0) is 4.79 Å². The highest BCUT2D eigenvalue weighted by Crippen LogP contribution is 2.37. The van der Waals surface area contributed by atoms with Gasteiger partial charge in [0, 0.05) is 5.92 Å². The summed E-state index contributed by atoms with van der Waals surface area (Å²) in [5.74, 6) is 1.50. The van der Waals surface area contributed by atoms with E-state index < -0.39 is 0 Å². The van der Waals surface area contributed by atoms with Crippen molar-refractivity contribution < 1.29 is 4.79 Å². The summed E-state index contributed by atoms with van der Waals surface area (Å²) in [6, 6.07) is -0.0915. The number of aromatic nitrogens is 2. The van der Waals surface area contributed by atoms with Crippen LogP contribution in [-0.4, -0.2) is 39.9 Å². The maximum atomic E-state index is 12.3. The molecular formula is C16H24N4O. The summed E-state index contributed by atoms with van der Waals surface area (Å²) in [4.78, 5) is 23.3. The number of hydrogen-bond acceptors (Lipinski definition) is 4. The monoisotopic (exact) mass is 288 g/mol. The summed E-state index contributed by atoms with van der Waals surface area (Å²) in [7, 11) is 0. The summed E-state index contributed by atoms with van der Waals surface area (Å²) in [6.07, 6.45) is 10.8. The molecule has 1 N–H and O–H groups in total. The van der Waals surface area contributed by atoms with Crippen molar-refractivity contribution >= 4 is 11.6 Å². The van der Waals surface area contributed by atoms with E-state index in [0.29, 0.717) is 11.6 Å². The van der Waals surface area contributed by atoms with Crippen molar-refractivity contribution in [3.8, 4) is 0 Å². The van der Waals surface area contributed by atoms with Crippen molar-refractivity contribution in [2.24, 2.45) is 0 Å². The van der Waals surface area contributed by atoms with Crippen molar-refractivity contribution in [3.05, 3.63) is 18.2 Å². The molecule has 1 aliphatic heterocycles. The lowest BCUT2D eigenvalue weighted by molar-refractivity contribution is -0.120. The van der Waals surface area contributed by atoms with E-state index in [0.717, 1.165) is 18.9 Å². The summed E-state index contributed by atoms with van der Waals surface area (Å²) in [6.45, 7) is 4.03. The van der Waals surface area contributed by atoms with E-state index in [1.54, 1.807) is 12.4 Å². The number of amides is 1. The molecule has 0 aromatic carbocycles. The van der Waals surface area contributed by atoms with Crippen molar-refractivity contribution in [1.29, 1.82) is 0 Å². The molecule has 114 valence electrons. The van der Waals surface area contributed by atoms with Crippen LogP contribution in [0.15, 0.2) is 12.4 Å². The fourth-order valence-corrected chi connectivity index (χ4v) is 2.85. The van der Waals surface area contributed by atoms with Gasteiger partial charge in [0.05, 0.1) is 24.1 Å². The number of anilines is 1. The van der Waals surface area contributed by atoms with Crippen LogP contribution < -0.4 is 5.32 Å². The van der Waals surface area contributed by atoms with Crippen LogP contribution in [0.1, 0.15) is 57.2 Å². The Morgan fingerprint density at radius 1 is 1.19 bits per heavy atom. The third kappa shape index (κ3) is 3.79. The van der Waals surface area contributed by atoms with Gasteiger partial charge in [0.1, 0.15) is 5.82 Å². The third-order valence-corrected chi connectivity index (χ3v) is 4.45. The molecule has 21 heavy (non-hydrogen) atoms. The van der Waals surface area contributed by atoms with Crippen molar-refractivity contribution in [2.75, 3.05) is 18.4 Å². The molecule has 5 nitrogen and oxygen atoms in total. The first kappa shape index (κ1) is 14.4. The molecule has 1 amide bonds. The molecule has 2 fully saturated rings. The van der Waals surface area contributed by atoms with E-state index in [1.165, 1.54) is 38.5 Å². The normalized spacial score (nSPS) is 21.6. The first-order valence-electron chi connectivity index (χ1n) is 8.11. The highest BCUT2D eigenvalue weighted by Gasteiger charge is 2.26. The van der Waals surface area contributed by atoms with Gasteiger partial charge in [-0.05, 0) is 45.7 Å². The van der Waals surface area contributed by atoms with E-state index in [-0.39, 0.29) is 11.9 Å². The van der Waals surface area contributed by atoms with E-state index in [9.17, 15) is 4.79 Å². The number of nitrogens with one attached hydrogen (secondary N) is 1. The van der Waals surface area contributed by atoms with Gasteiger partial charge < -0.3 is 5.32 Å². The number of hydrogen-bond donors (Lipinski definition) is 1. The molecule has 1 aliphatic carbocycles. The minimum atomic E-state index is -0.0915. The Morgan fingerprint density at radius 3 is 2.38 bits per heavy atom. The first-order valence-corrected chi connectivity index (χ1v) is 8.11. The van der Waals surface area contributed by atoms with E-state index in [1.807, 2.05) is 6.92 Å².